The lowest BCUT2D eigenvalue weighted by Crippen LogP contribution is -2.26. The Bertz CT molecular complexity index is 423. The first kappa shape index (κ1) is 12.7. The van der Waals surface area contributed by atoms with Crippen molar-refractivity contribution < 1.29 is 9.53 Å². The normalized spacial score (nSPS) is 18.2. The summed E-state index contributed by atoms with van der Waals surface area (Å²) in [5.41, 5.74) is 1.09. The number of hydrogen-bond donors (Lipinski definition) is 0. The Labute approximate surface area is 106 Å². The predicted octanol–water partition coefficient (Wildman–Crippen LogP) is 2.88. The third kappa shape index (κ3) is 2.93. The number of aromatic nitrogens is 1. The van der Waals surface area contributed by atoms with Gasteiger partial charge in [-0.2, -0.15) is 0 Å². The molecular formula is C13H19NO2S. The Kier molecular flexibility index (Phi) is 3.64. The molecule has 1 aliphatic rings. The molecule has 3 nitrogen and oxygen atoms in total. The third-order valence-corrected chi connectivity index (χ3v) is 4.22. The van der Waals surface area contributed by atoms with E-state index in [2.05, 4.69) is 18.8 Å². The number of methoxy groups -OCH3 is 1. The van der Waals surface area contributed by atoms with Gasteiger partial charge in [-0.05, 0) is 18.3 Å². The molecule has 0 spiro atoms. The van der Waals surface area contributed by atoms with Crippen LogP contribution < -0.4 is 0 Å². The fraction of sp³-hybridized carbons (Fsp3) is 0.692. The zero-order chi connectivity index (χ0) is 12.5. The molecule has 1 aliphatic carbocycles. The Morgan fingerprint density at radius 1 is 1.41 bits per heavy atom. The zero-order valence-electron chi connectivity index (χ0n) is 10.7. The highest BCUT2D eigenvalue weighted by molar-refractivity contribution is 7.13. The van der Waals surface area contributed by atoms with Crippen LogP contribution in [0.25, 0.3) is 0 Å². The average molecular weight is 253 g/mol. The van der Waals surface area contributed by atoms with Crippen LogP contribution in [-0.4, -0.2) is 24.5 Å². The van der Waals surface area contributed by atoms with Crippen molar-refractivity contribution in [3.63, 3.8) is 0 Å². The molecule has 0 saturated heterocycles. The molecule has 0 fully saturated rings. The first-order chi connectivity index (χ1) is 8.02. The van der Waals surface area contributed by atoms with Crippen LogP contribution in [-0.2, 0) is 17.6 Å². The van der Waals surface area contributed by atoms with E-state index in [4.69, 9.17) is 4.74 Å². The predicted molar refractivity (Wildman–Crippen MR) is 68.7 cm³/mol. The number of nitrogens with zero attached hydrogens (tertiary/aromatic N) is 1. The maximum Gasteiger partial charge on any atom is 0.175 e. The summed E-state index contributed by atoms with van der Waals surface area (Å²) in [5.74, 6) is 0.270. The Hall–Kier alpha value is -0.740. The van der Waals surface area contributed by atoms with Crippen LogP contribution in [0.3, 0.4) is 0 Å². The van der Waals surface area contributed by atoms with Gasteiger partial charge in [0, 0.05) is 26.6 Å². The summed E-state index contributed by atoms with van der Waals surface area (Å²) in [5, 5.41) is 1.08. The largest absolute Gasteiger partial charge is 0.385 e. The Morgan fingerprint density at radius 3 is 2.88 bits per heavy atom. The molecule has 0 N–H and O–H groups in total. The van der Waals surface area contributed by atoms with Gasteiger partial charge in [0.25, 0.3) is 0 Å². The number of ketones is 1. The van der Waals surface area contributed by atoms with Gasteiger partial charge in [-0.25, -0.2) is 4.98 Å². The summed E-state index contributed by atoms with van der Waals surface area (Å²) in [6.07, 6.45) is 3.47. The zero-order valence-corrected chi connectivity index (χ0v) is 11.5. The van der Waals surface area contributed by atoms with Gasteiger partial charge < -0.3 is 4.74 Å². The van der Waals surface area contributed by atoms with Gasteiger partial charge in [-0.3, -0.25) is 4.79 Å². The van der Waals surface area contributed by atoms with Gasteiger partial charge in [0.2, 0.25) is 0 Å². The van der Waals surface area contributed by atoms with E-state index in [1.54, 1.807) is 18.4 Å². The van der Waals surface area contributed by atoms with Gasteiger partial charge in [-0.15, -0.1) is 11.3 Å². The SMILES string of the molecule is COCCCc1nc2c(s1)C(=O)CC(C)(C)C2. The molecule has 1 aromatic heterocycles. The van der Waals surface area contributed by atoms with Crippen molar-refractivity contribution in [3.05, 3.63) is 15.6 Å². The number of Topliss-reactive ketones (excluding diaryl/α,β-unsaturated/α-hetero) is 1. The molecule has 0 aromatic carbocycles. The lowest BCUT2D eigenvalue weighted by molar-refractivity contribution is 0.0916. The average Bonchev–Trinajstić information content (AvgIpc) is 2.59. The van der Waals surface area contributed by atoms with E-state index in [-0.39, 0.29) is 11.2 Å². The molecule has 0 amide bonds. The number of hydrogen-bond acceptors (Lipinski definition) is 4. The molecular weight excluding hydrogens is 234 g/mol. The molecule has 0 aliphatic heterocycles. The van der Waals surface area contributed by atoms with E-state index in [0.717, 1.165) is 41.4 Å². The fourth-order valence-electron chi connectivity index (χ4n) is 2.24. The van der Waals surface area contributed by atoms with Crippen LogP contribution >= 0.6 is 11.3 Å². The van der Waals surface area contributed by atoms with Crippen LogP contribution in [0.5, 0.6) is 0 Å². The van der Waals surface area contributed by atoms with E-state index in [9.17, 15) is 4.79 Å². The standard InChI is InChI=1S/C13H19NO2S/c1-13(2)7-9-12(10(15)8-13)17-11(14-9)5-4-6-16-3/h4-8H2,1-3H3. The van der Waals surface area contributed by atoms with Crippen molar-refractivity contribution in [1.29, 1.82) is 0 Å². The first-order valence-corrected chi connectivity index (χ1v) is 6.84. The smallest absolute Gasteiger partial charge is 0.175 e. The maximum atomic E-state index is 12.0. The van der Waals surface area contributed by atoms with Crippen LogP contribution in [0.15, 0.2) is 0 Å². The quantitative estimate of drug-likeness (QED) is 0.775. The second-order valence-electron chi connectivity index (χ2n) is 5.42. The van der Waals surface area contributed by atoms with Gasteiger partial charge in [0.05, 0.1) is 15.6 Å². The Balaban J connectivity index is 2.13. The molecule has 1 aromatic rings. The molecule has 4 heteroatoms. The second kappa shape index (κ2) is 4.86. The van der Waals surface area contributed by atoms with Crippen LogP contribution in [0.4, 0.5) is 0 Å². The van der Waals surface area contributed by atoms with Crippen molar-refractivity contribution in [2.75, 3.05) is 13.7 Å². The summed E-state index contributed by atoms with van der Waals surface area (Å²) in [4.78, 5) is 17.5. The van der Waals surface area contributed by atoms with Gasteiger partial charge in [-0.1, -0.05) is 13.8 Å². The lowest BCUT2D eigenvalue weighted by atomic mass is 9.78. The summed E-state index contributed by atoms with van der Waals surface area (Å²) < 4.78 is 5.03. The van der Waals surface area contributed by atoms with E-state index in [1.807, 2.05) is 0 Å². The molecule has 0 radical (unpaired) electrons. The van der Waals surface area contributed by atoms with E-state index < -0.39 is 0 Å². The number of carbonyl (C=O) groups excluding carboxylic acids is 1. The van der Waals surface area contributed by atoms with Gasteiger partial charge >= 0.3 is 0 Å². The minimum Gasteiger partial charge on any atom is -0.385 e. The minimum atomic E-state index is 0.0714. The number of ether oxygens (including phenoxy) is 1. The van der Waals surface area contributed by atoms with Crippen LogP contribution in [0, 0.1) is 5.41 Å². The molecule has 94 valence electrons. The summed E-state index contributed by atoms with van der Waals surface area (Å²) in [6.45, 7) is 5.03. The third-order valence-electron chi connectivity index (χ3n) is 3.02. The summed E-state index contributed by atoms with van der Waals surface area (Å²) >= 11 is 1.58. The molecule has 0 unspecified atom stereocenters. The number of carbonyl (C=O) groups is 1. The maximum absolute atomic E-state index is 12.0. The number of aryl methyl sites for hydroxylation is 1. The van der Waals surface area contributed by atoms with Crippen molar-refractivity contribution in [1.82, 2.24) is 4.98 Å². The van der Waals surface area contributed by atoms with Gasteiger partial charge in [0.15, 0.2) is 5.78 Å². The van der Waals surface area contributed by atoms with Crippen molar-refractivity contribution in [2.24, 2.45) is 5.41 Å². The fourth-order valence-corrected chi connectivity index (χ4v) is 3.30. The van der Waals surface area contributed by atoms with Crippen molar-refractivity contribution in [3.8, 4) is 0 Å². The lowest BCUT2D eigenvalue weighted by Gasteiger charge is -2.26. The number of thiazole rings is 1. The van der Waals surface area contributed by atoms with Crippen LogP contribution in [0.1, 0.15) is 47.1 Å². The highest BCUT2D eigenvalue weighted by Gasteiger charge is 2.33. The van der Waals surface area contributed by atoms with E-state index in [1.165, 1.54) is 0 Å². The number of rotatable bonds is 4. The second-order valence-corrected chi connectivity index (χ2v) is 6.50. The van der Waals surface area contributed by atoms with Gasteiger partial charge in [0.1, 0.15) is 0 Å². The number of fused-ring (bicyclic) bond motifs is 1. The van der Waals surface area contributed by atoms with E-state index >= 15 is 0 Å². The monoisotopic (exact) mass is 253 g/mol. The molecule has 0 saturated carbocycles. The Morgan fingerprint density at radius 2 is 2.18 bits per heavy atom. The minimum absolute atomic E-state index is 0.0714. The van der Waals surface area contributed by atoms with E-state index in [0.29, 0.717) is 6.42 Å². The molecule has 1 heterocycles. The molecule has 0 atom stereocenters. The van der Waals surface area contributed by atoms with Crippen molar-refractivity contribution in [2.45, 2.75) is 39.5 Å². The molecule has 17 heavy (non-hydrogen) atoms. The summed E-state index contributed by atoms with van der Waals surface area (Å²) in [6, 6.07) is 0. The highest BCUT2D eigenvalue weighted by Crippen LogP contribution is 2.37. The van der Waals surface area contributed by atoms with Crippen LogP contribution in [0.2, 0.25) is 0 Å². The summed E-state index contributed by atoms with van der Waals surface area (Å²) in [7, 11) is 1.71. The molecule has 0 bridgehead atoms. The topological polar surface area (TPSA) is 39.2 Å². The highest BCUT2D eigenvalue weighted by atomic mass is 32.1. The van der Waals surface area contributed by atoms with Crippen molar-refractivity contribution >= 4 is 17.1 Å². The molecule has 2 rings (SSSR count). The first-order valence-electron chi connectivity index (χ1n) is 6.02.